The molecule has 0 bridgehead atoms. The number of carbonyl (C=O) groups excluding carboxylic acids is 1. The van der Waals surface area contributed by atoms with Crippen LogP contribution in [-0.2, 0) is 9.53 Å². The van der Waals surface area contributed by atoms with E-state index in [2.05, 4.69) is 10.1 Å². The normalized spacial score (nSPS) is 17.0. The molecular formula is C17H25F2NO3. The number of hydrogen-bond acceptors (Lipinski definition) is 4. The van der Waals surface area contributed by atoms with E-state index in [1.807, 2.05) is 20.8 Å². The maximum Gasteiger partial charge on any atom is 0.293 e. The molecule has 1 fully saturated rings. The third-order valence-corrected chi connectivity index (χ3v) is 3.51. The highest BCUT2D eigenvalue weighted by Crippen LogP contribution is 2.30. The first kappa shape index (κ1) is 19.5. The van der Waals surface area contributed by atoms with E-state index in [1.54, 1.807) is 0 Å². The first-order valence-corrected chi connectivity index (χ1v) is 7.70. The summed E-state index contributed by atoms with van der Waals surface area (Å²) >= 11 is 0. The minimum Gasteiger partial charge on any atom is -0.462 e. The molecule has 130 valence electrons. The van der Waals surface area contributed by atoms with Gasteiger partial charge >= 0.3 is 0 Å². The average Bonchev–Trinajstić information content (AvgIpc) is 2.47. The third-order valence-electron chi connectivity index (χ3n) is 3.51. The molecule has 1 saturated heterocycles. The van der Waals surface area contributed by atoms with Gasteiger partial charge in [0.15, 0.2) is 0 Å². The van der Waals surface area contributed by atoms with Crippen LogP contribution in [0.3, 0.4) is 0 Å². The van der Waals surface area contributed by atoms with Gasteiger partial charge in [0.05, 0.1) is 6.10 Å². The number of carbonyl (C=O) groups is 1. The van der Waals surface area contributed by atoms with Crippen molar-refractivity contribution in [1.29, 1.82) is 0 Å². The Kier molecular flexibility index (Phi) is 7.58. The van der Waals surface area contributed by atoms with E-state index in [-0.39, 0.29) is 17.1 Å². The van der Waals surface area contributed by atoms with Crippen molar-refractivity contribution < 1.29 is 23.4 Å². The molecule has 1 unspecified atom stereocenters. The summed E-state index contributed by atoms with van der Waals surface area (Å²) in [4.78, 5) is 9.60. The Morgan fingerprint density at radius 2 is 1.91 bits per heavy atom. The van der Waals surface area contributed by atoms with Crippen LogP contribution in [0.1, 0.15) is 45.3 Å². The number of aliphatic hydroxyl groups excluding tert-OH is 1. The molecule has 0 aliphatic carbocycles. The highest BCUT2D eigenvalue weighted by Gasteiger charge is 2.25. The third kappa shape index (κ3) is 7.05. The number of rotatable bonds is 3. The summed E-state index contributed by atoms with van der Waals surface area (Å²) < 4.78 is 30.7. The Labute approximate surface area is 135 Å². The molecule has 1 atom stereocenters. The Morgan fingerprint density at radius 1 is 1.30 bits per heavy atom. The van der Waals surface area contributed by atoms with E-state index < -0.39 is 17.7 Å². The Balaban J connectivity index is 0.000000322. The lowest BCUT2D eigenvalue weighted by Gasteiger charge is -2.27. The Hall–Kier alpha value is -1.53. The van der Waals surface area contributed by atoms with Crippen LogP contribution in [0.2, 0.25) is 0 Å². The fraction of sp³-hybridized carbons (Fsp3) is 0.588. The number of nitrogens with one attached hydrogen (secondary N) is 1. The fourth-order valence-electron chi connectivity index (χ4n) is 2.30. The van der Waals surface area contributed by atoms with E-state index in [1.165, 1.54) is 12.1 Å². The van der Waals surface area contributed by atoms with Crippen LogP contribution in [-0.4, -0.2) is 30.3 Å². The maximum atomic E-state index is 13.4. The van der Waals surface area contributed by atoms with E-state index in [0.29, 0.717) is 6.47 Å². The number of aliphatic hydroxyl groups is 1. The minimum atomic E-state index is -0.831. The molecule has 1 aliphatic heterocycles. The van der Waals surface area contributed by atoms with Crippen LogP contribution in [0.5, 0.6) is 0 Å². The Morgan fingerprint density at radius 3 is 2.35 bits per heavy atom. The van der Waals surface area contributed by atoms with Crippen LogP contribution in [0.4, 0.5) is 8.78 Å². The van der Waals surface area contributed by atoms with Crippen molar-refractivity contribution in [1.82, 2.24) is 5.32 Å². The van der Waals surface area contributed by atoms with E-state index in [9.17, 15) is 18.7 Å². The van der Waals surface area contributed by atoms with Gasteiger partial charge in [0, 0.05) is 11.6 Å². The van der Waals surface area contributed by atoms with E-state index >= 15 is 0 Å². The van der Waals surface area contributed by atoms with Gasteiger partial charge in [0.25, 0.3) is 6.47 Å². The highest BCUT2D eigenvalue weighted by molar-refractivity contribution is 5.37. The Bertz CT molecular complexity index is 497. The molecule has 2 N–H and O–H groups in total. The molecule has 0 radical (unpaired) electrons. The van der Waals surface area contributed by atoms with Gasteiger partial charge in [-0.3, -0.25) is 4.79 Å². The molecule has 1 aromatic carbocycles. The van der Waals surface area contributed by atoms with Gasteiger partial charge in [0.1, 0.15) is 17.2 Å². The zero-order valence-electron chi connectivity index (χ0n) is 13.8. The summed E-state index contributed by atoms with van der Waals surface area (Å²) in [5.41, 5.74) is -0.116. The van der Waals surface area contributed by atoms with Crippen LogP contribution < -0.4 is 5.32 Å². The largest absolute Gasteiger partial charge is 0.462 e. The second-order valence-corrected chi connectivity index (χ2v) is 6.52. The molecule has 1 aromatic rings. The van der Waals surface area contributed by atoms with Crippen molar-refractivity contribution in [2.75, 3.05) is 13.1 Å². The first-order chi connectivity index (χ1) is 10.7. The number of piperidine rings is 1. The van der Waals surface area contributed by atoms with Gasteiger partial charge in [-0.25, -0.2) is 8.78 Å². The van der Waals surface area contributed by atoms with Crippen molar-refractivity contribution >= 4 is 6.47 Å². The monoisotopic (exact) mass is 329 g/mol. The van der Waals surface area contributed by atoms with Crippen LogP contribution in [0.15, 0.2) is 18.2 Å². The lowest BCUT2D eigenvalue weighted by molar-refractivity contribution is -0.138. The average molecular weight is 329 g/mol. The molecule has 4 nitrogen and oxygen atoms in total. The zero-order chi connectivity index (χ0) is 17.5. The zero-order valence-corrected chi connectivity index (χ0v) is 13.8. The molecule has 0 saturated carbocycles. The highest BCUT2D eigenvalue weighted by atomic mass is 19.1. The van der Waals surface area contributed by atoms with Crippen LogP contribution >= 0.6 is 0 Å². The summed E-state index contributed by atoms with van der Waals surface area (Å²) in [5.74, 6) is -1.22. The molecular weight excluding hydrogens is 304 g/mol. The molecule has 23 heavy (non-hydrogen) atoms. The number of hydrogen-bond donors (Lipinski definition) is 2. The van der Waals surface area contributed by atoms with E-state index in [4.69, 9.17) is 0 Å². The predicted molar refractivity (Wildman–Crippen MR) is 83.8 cm³/mol. The maximum absolute atomic E-state index is 13.4. The smallest absolute Gasteiger partial charge is 0.293 e. The minimum absolute atomic E-state index is 0.0567. The second kappa shape index (κ2) is 8.93. The summed E-state index contributed by atoms with van der Waals surface area (Å²) in [6.07, 6.45) is 0.804. The van der Waals surface area contributed by atoms with Crippen molar-refractivity contribution in [2.45, 2.75) is 45.3 Å². The lowest BCUT2D eigenvalue weighted by atomic mass is 9.88. The summed E-state index contributed by atoms with van der Waals surface area (Å²) in [6.45, 7) is 7.60. The van der Waals surface area contributed by atoms with Crippen molar-refractivity contribution in [3.05, 3.63) is 35.4 Å². The van der Waals surface area contributed by atoms with Gasteiger partial charge in [0.2, 0.25) is 0 Å². The van der Waals surface area contributed by atoms with Crippen LogP contribution in [0, 0.1) is 17.6 Å². The van der Waals surface area contributed by atoms with Crippen molar-refractivity contribution in [2.24, 2.45) is 5.92 Å². The molecule has 0 amide bonds. The van der Waals surface area contributed by atoms with E-state index in [0.717, 1.165) is 32.0 Å². The van der Waals surface area contributed by atoms with Gasteiger partial charge in [-0.1, -0.05) is 6.07 Å². The summed E-state index contributed by atoms with van der Waals surface area (Å²) in [7, 11) is 0. The summed E-state index contributed by atoms with van der Waals surface area (Å²) in [5, 5.41) is 13.2. The van der Waals surface area contributed by atoms with Gasteiger partial charge in [-0.15, -0.1) is 0 Å². The van der Waals surface area contributed by atoms with Gasteiger partial charge in [-0.2, -0.15) is 0 Å². The molecule has 0 aromatic heterocycles. The molecule has 1 heterocycles. The lowest BCUT2D eigenvalue weighted by Crippen LogP contribution is -2.31. The quantitative estimate of drug-likeness (QED) is 0.837. The van der Waals surface area contributed by atoms with Crippen molar-refractivity contribution in [3.8, 4) is 0 Å². The van der Waals surface area contributed by atoms with Gasteiger partial charge < -0.3 is 15.2 Å². The van der Waals surface area contributed by atoms with Gasteiger partial charge in [-0.05, 0) is 58.7 Å². The molecule has 1 aliphatic rings. The second-order valence-electron chi connectivity index (χ2n) is 6.52. The molecule has 6 heteroatoms. The summed E-state index contributed by atoms with van der Waals surface area (Å²) in [6, 6.07) is 3.33. The van der Waals surface area contributed by atoms with Crippen molar-refractivity contribution in [3.63, 3.8) is 0 Å². The number of benzene rings is 1. The standard InChI is InChI=1S/C12H15F2NO.C5H10O2/c13-9-1-2-10(11(14)7-9)12(16)8-3-5-15-6-4-8;1-5(2,3)7-4-6/h1-2,7-8,12,15-16H,3-6H2;4H,1-3H3. The molecule has 0 spiro atoms. The number of halogens is 2. The fourth-order valence-corrected chi connectivity index (χ4v) is 2.30. The topological polar surface area (TPSA) is 58.6 Å². The number of ether oxygens (including phenoxy) is 1. The molecule has 2 rings (SSSR count). The SMILES string of the molecule is CC(C)(C)OC=O.OC(c1ccc(F)cc1F)C1CCNCC1. The van der Waals surface area contributed by atoms with Crippen LogP contribution in [0.25, 0.3) is 0 Å². The first-order valence-electron chi connectivity index (χ1n) is 7.70. The predicted octanol–water partition coefficient (Wildman–Crippen LogP) is 2.96.